The summed E-state index contributed by atoms with van der Waals surface area (Å²) in [6, 6.07) is 14.9. The summed E-state index contributed by atoms with van der Waals surface area (Å²) in [7, 11) is 0. The molecule has 3 heterocycles. The number of fused-ring (bicyclic) bond motifs is 6. The number of aromatic nitrogens is 2. The molecule has 0 radical (unpaired) electrons. The van der Waals surface area contributed by atoms with Crippen LogP contribution in [0.15, 0.2) is 53.5 Å². The second-order valence-electron chi connectivity index (χ2n) is 9.38. The number of imidazole rings is 1. The van der Waals surface area contributed by atoms with Crippen LogP contribution >= 0.6 is 0 Å². The largest absolute Gasteiger partial charge is 0.308 e. The van der Waals surface area contributed by atoms with E-state index in [0.29, 0.717) is 23.1 Å². The summed E-state index contributed by atoms with van der Waals surface area (Å²) in [5, 5.41) is 2.82. The van der Waals surface area contributed by atoms with Crippen LogP contribution < -0.4 is 15.1 Å². The van der Waals surface area contributed by atoms with Gasteiger partial charge in [-0.15, -0.1) is 0 Å². The first-order valence-electron chi connectivity index (χ1n) is 11.9. The molecule has 0 bridgehead atoms. The lowest BCUT2D eigenvalue weighted by Gasteiger charge is -2.38. The maximum Gasteiger partial charge on any atom is 0.281 e. The van der Waals surface area contributed by atoms with Crippen molar-refractivity contribution in [3.63, 3.8) is 0 Å². The highest BCUT2D eigenvalue weighted by Crippen LogP contribution is 2.49. The Morgan fingerprint density at radius 3 is 2.37 bits per heavy atom. The lowest BCUT2D eigenvalue weighted by atomic mass is 9.99. The third kappa shape index (κ3) is 3.10. The number of carbonyl (C=O) groups excluding carboxylic acids is 3. The molecule has 2 aromatic carbocycles. The highest BCUT2D eigenvalue weighted by Gasteiger charge is 2.57. The van der Waals surface area contributed by atoms with E-state index < -0.39 is 11.6 Å². The van der Waals surface area contributed by atoms with Crippen LogP contribution in [0.1, 0.15) is 40.2 Å². The van der Waals surface area contributed by atoms with Crippen molar-refractivity contribution in [1.29, 1.82) is 0 Å². The van der Waals surface area contributed by atoms with Crippen LogP contribution in [0.3, 0.4) is 0 Å². The summed E-state index contributed by atoms with van der Waals surface area (Å²) in [5.41, 5.74) is 1.15. The van der Waals surface area contributed by atoms with E-state index in [0.717, 1.165) is 5.69 Å². The SMILES string of the molecule is CCN1C(=O)C2(N=C(NC(=O)C(C)C)N(C(=O)C(C)C)c3nc4ccccc4n32)c2ccccc21. The molecule has 9 nitrogen and oxygen atoms in total. The molecule has 2 aliphatic rings. The molecule has 2 aliphatic heterocycles. The molecule has 0 fully saturated rings. The van der Waals surface area contributed by atoms with E-state index in [9.17, 15) is 14.4 Å². The zero-order chi connectivity index (χ0) is 25.1. The van der Waals surface area contributed by atoms with Gasteiger partial charge < -0.3 is 4.90 Å². The van der Waals surface area contributed by atoms with Crippen LogP contribution in [0.25, 0.3) is 11.0 Å². The molecule has 0 aliphatic carbocycles. The first-order chi connectivity index (χ1) is 16.7. The van der Waals surface area contributed by atoms with Gasteiger partial charge in [-0.05, 0) is 25.1 Å². The third-order valence-corrected chi connectivity index (χ3v) is 6.45. The molecule has 0 saturated heterocycles. The van der Waals surface area contributed by atoms with E-state index in [1.807, 2.05) is 55.5 Å². The number of carbonyl (C=O) groups is 3. The van der Waals surface area contributed by atoms with Gasteiger partial charge in [0.1, 0.15) is 0 Å². The second-order valence-corrected chi connectivity index (χ2v) is 9.38. The van der Waals surface area contributed by atoms with Gasteiger partial charge in [-0.25, -0.2) is 14.9 Å². The molecule has 3 aromatic rings. The Kier molecular flexibility index (Phi) is 5.23. The van der Waals surface area contributed by atoms with E-state index in [-0.39, 0.29) is 35.5 Å². The number of nitrogens with one attached hydrogen (secondary N) is 1. The first kappa shape index (κ1) is 22.8. The predicted octanol–water partition coefficient (Wildman–Crippen LogP) is 3.23. The normalized spacial score (nSPS) is 18.9. The highest BCUT2D eigenvalue weighted by atomic mass is 16.2. The van der Waals surface area contributed by atoms with Gasteiger partial charge in [-0.2, -0.15) is 0 Å². The number of hydrogen-bond acceptors (Lipinski definition) is 5. The number of hydrogen-bond donors (Lipinski definition) is 1. The van der Waals surface area contributed by atoms with Crippen molar-refractivity contribution in [3.8, 4) is 0 Å². The monoisotopic (exact) mass is 472 g/mol. The molecule has 180 valence electrons. The quantitative estimate of drug-likeness (QED) is 0.633. The fourth-order valence-electron chi connectivity index (χ4n) is 4.68. The average Bonchev–Trinajstić information content (AvgIpc) is 3.33. The number of nitrogens with zero attached hydrogens (tertiary/aromatic N) is 5. The Labute approximate surface area is 203 Å². The number of likely N-dealkylation sites (N-methyl/N-ethyl adjacent to an activating group) is 1. The number of para-hydroxylation sites is 3. The van der Waals surface area contributed by atoms with Crippen LogP contribution in [-0.4, -0.2) is 39.8 Å². The molecular weight excluding hydrogens is 444 g/mol. The molecule has 5 rings (SSSR count). The zero-order valence-electron chi connectivity index (χ0n) is 20.4. The fraction of sp³-hybridized carbons (Fsp3) is 0.346. The van der Waals surface area contributed by atoms with Crippen molar-refractivity contribution in [2.45, 2.75) is 40.3 Å². The Morgan fingerprint density at radius 1 is 1.00 bits per heavy atom. The van der Waals surface area contributed by atoms with Crippen LogP contribution in [0.4, 0.5) is 11.6 Å². The molecule has 1 unspecified atom stereocenters. The minimum atomic E-state index is -1.55. The summed E-state index contributed by atoms with van der Waals surface area (Å²) in [6.07, 6.45) is 0. The van der Waals surface area contributed by atoms with Gasteiger partial charge >= 0.3 is 0 Å². The molecule has 35 heavy (non-hydrogen) atoms. The van der Waals surface area contributed by atoms with Crippen LogP contribution in [-0.2, 0) is 20.0 Å². The van der Waals surface area contributed by atoms with E-state index in [4.69, 9.17) is 9.98 Å². The van der Waals surface area contributed by atoms with Crippen molar-refractivity contribution in [2.24, 2.45) is 16.8 Å². The van der Waals surface area contributed by atoms with Crippen LogP contribution in [0.5, 0.6) is 0 Å². The smallest absolute Gasteiger partial charge is 0.281 e. The summed E-state index contributed by atoms with van der Waals surface area (Å²) < 4.78 is 1.74. The van der Waals surface area contributed by atoms with Gasteiger partial charge in [0.25, 0.3) is 5.91 Å². The number of aliphatic imine (C=N–C) groups is 1. The zero-order valence-corrected chi connectivity index (χ0v) is 20.4. The molecule has 1 atom stereocenters. The molecule has 1 spiro atoms. The van der Waals surface area contributed by atoms with Gasteiger partial charge in [-0.3, -0.25) is 24.3 Å². The lowest BCUT2D eigenvalue weighted by molar-refractivity contribution is -0.125. The number of anilines is 2. The van der Waals surface area contributed by atoms with E-state index in [1.165, 1.54) is 4.90 Å². The number of guanidine groups is 1. The summed E-state index contributed by atoms with van der Waals surface area (Å²) >= 11 is 0. The summed E-state index contributed by atoms with van der Waals surface area (Å²) in [4.78, 5) is 53.3. The third-order valence-electron chi connectivity index (χ3n) is 6.45. The van der Waals surface area contributed by atoms with E-state index in [2.05, 4.69) is 5.32 Å². The molecule has 9 heteroatoms. The maximum atomic E-state index is 14.2. The van der Waals surface area contributed by atoms with Crippen molar-refractivity contribution >= 4 is 46.4 Å². The van der Waals surface area contributed by atoms with Crippen molar-refractivity contribution < 1.29 is 14.4 Å². The lowest BCUT2D eigenvalue weighted by Crippen LogP contribution is -2.58. The Hall–Kier alpha value is -4.01. The Balaban J connectivity index is 1.90. The van der Waals surface area contributed by atoms with Gasteiger partial charge in [-0.1, -0.05) is 58.0 Å². The highest BCUT2D eigenvalue weighted by molar-refractivity contribution is 6.23. The van der Waals surface area contributed by atoms with Crippen molar-refractivity contribution in [2.75, 3.05) is 16.3 Å². The molecule has 3 amide bonds. The minimum absolute atomic E-state index is 0.00584. The fourth-order valence-corrected chi connectivity index (χ4v) is 4.68. The van der Waals surface area contributed by atoms with Crippen molar-refractivity contribution in [3.05, 3.63) is 54.1 Å². The second kappa shape index (κ2) is 8.04. The number of amides is 3. The molecule has 0 saturated carbocycles. The number of benzene rings is 2. The van der Waals surface area contributed by atoms with Gasteiger partial charge in [0.15, 0.2) is 0 Å². The van der Waals surface area contributed by atoms with Gasteiger partial charge in [0.05, 0.1) is 16.7 Å². The standard InChI is InChI=1S/C26H28N6O3/c1-6-30-19-13-9-7-11-17(19)26(23(30)35)29-24(28-21(33)15(2)3)31(22(34)16(4)5)25-27-18-12-8-10-14-20(18)32(25)26/h7-16H,6H2,1-5H3,(H,28,29,33). The van der Waals surface area contributed by atoms with Gasteiger partial charge in [0, 0.05) is 23.9 Å². The topological polar surface area (TPSA) is 99.9 Å². The van der Waals surface area contributed by atoms with Gasteiger partial charge in [0.2, 0.25) is 29.4 Å². The maximum absolute atomic E-state index is 14.2. The summed E-state index contributed by atoms with van der Waals surface area (Å²) in [5.74, 6) is -1.37. The minimum Gasteiger partial charge on any atom is -0.308 e. The van der Waals surface area contributed by atoms with E-state index in [1.54, 1.807) is 37.2 Å². The Bertz CT molecular complexity index is 1410. The molecule has 1 aromatic heterocycles. The van der Waals surface area contributed by atoms with Crippen molar-refractivity contribution in [1.82, 2.24) is 14.9 Å². The average molecular weight is 473 g/mol. The molecular formula is C26H28N6O3. The number of rotatable bonds is 3. The first-order valence-corrected chi connectivity index (χ1v) is 11.9. The predicted molar refractivity (Wildman–Crippen MR) is 134 cm³/mol. The van der Waals surface area contributed by atoms with Crippen LogP contribution in [0.2, 0.25) is 0 Å². The summed E-state index contributed by atoms with van der Waals surface area (Å²) in [6.45, 7) is 9.41. The van der Waals surface area contributed by atoms with E-state index >= 15 is 0 Å². The molecule has 1 N–H and O–H groups in total. The van der Waals surface area contributed by atoms with Crippen LogP contribution in [0, 0.1) is 11.8 Å². The Morgan fingerprint density at radius 2 is 1.69 bits per heavy atom.